The van der Waals surface area contributed by atoms with Gasteiger partial charge in [0.1, 0.15) is 6.10 Å². The van der Waals surface area contributed by atoms with E-state index in [2.05, 4.69) is 134 Å². The summed E-state index contributed by atoms with van der Waals surface area (Å²) in [4.78, 5) is -0.0142. The maximum Gasteiger partial charge on any atom is 0.200 e. The van der Waals surface area contributed by atoms with Crippen molar-refractivity contribution in [2.45, 2.75) is 191 Å². The molecule has 0 aliphatic carbocycles. The van der Waals surface area contributed by atoms with E-state index in [0.29, 0.717) is 48.1 Å². The molecule has 0 aromatic heterocycles. The van der Waals surface area contributed by atoms with E-state index < -0.39 is 28.5 Å². The number of hydrogen-bond donors (Lipinski definition) is 0. The van der Waals surface area contributed by atoms with Gasteiger partial charge in [0.15, 0.2) is 14.6 Å². The van der Waals surface area contributed by atoms with Gasteiger partial charge < -0.3 is 32.5 Å². The molecule has 0 bridgehead atoms. The van der Waals surface area contributed by atoms with E-state index in [1.165, 1.54) is 5.56 Å². The van der Waals surface area contributed by atoms with E-state index in [0.717, 1.165) is 37.9 Å². The van der Waals surface area contributed by atoms with E-state index in [4.69, 9.17) is 32.5 Å². The standard InChI is InChI=1S/C46H75BrO7Si2/c1-31(2)56(32(3)4,33(5)6)53-40(43(47)39-27-35(8)44(51-39)34(7)24-26-48-29-36-19-15-13-16-20-36)28-42-46(9,54-55(10,11)12)25-23-38-41(50-42)30-49-45(52-38)37-21-17-14-18-22-37/h13-22,31-35,38-45H,23-30H2,1-12H3/t34-,35+,38+,39-,40+,41-,42+,43+,44+,45-,46-/m1/s1. The fourth-order valence-electron chi connectivity index (χ4n) is 10.2. The molecule has 3 heterocycles. The number of halogens is 1. The minimum absolute atomic E-state index is 0.0142. The Bertz CT molecular complexity index is 1440. The van der Waals surface area contributed by atoms with Crippen LogP contribution in [0.4, 0.5) is 0 Å². The van der Waals surface area contributed by atoms with Crippen molar-refractivity contribution in [3.8, 4) is 0 Å². The molecule has 3 fully saturated rings. The molecule has 0 unspecified atom stereocenters. The highest BCUT2D eigenvalue weighted by Crippen LogP contribution is 2.48. The summed E-state index contributed by atoms with van der Waals surface area (Å²) in [5, 5.41) is 0. The van der Waals surface area contributed by atoms with Gasteiger partial charge in [-0.3, -0.25) is 0 Å². The molecule has 0 spiro atoms. The van der Waals surface area contributed by atoms with Gasteiger partial charge in [0.25, 0.3) is 0 Å². The van der Waals surface area contributed by atoms with Crippen molar-refractivity contribution >= 4 is 32.6 Å². The minimum atomic E-state index is -2.32. The summed E-state index contributed by atoms with van der Waals surface area (Å²) in [6.07, 6.45) is 3.48. The van der Waals surface area contributed by atoms with Crippen LogP contribution in [0, 0.1) is 11.8 Å². The Labute approximate surface area is 351 Å². The monoisotopic (exact) mass is 874 g/mol. The second-order valence-corrected chi connectivity index (χ2v) is 30.2. The Morgan fingerprint density at radius 2 is 1.46 bits per heavy atom. The molecule has 0 N–H and O–H groups in total. The lowest BCUT2D eigenvalue weighted by atomic mass is 9.87. The number of hydrogen-bond acceptors (Lipinski definition) is 7. The summed E-state index contributed by atoms with van der Waals surface area (Å²) < 4.78 is 48.6. The zero-order chi connectivity index (χ0) is 40.8. The summed E-state index contributed by atoms with van der Waals surface area (Å²) in [6.45, 7) is 29.9. The van der Waals surface area contributed by atoms with Gasteiger partial charge in [-0.05, 0) is 86.3 Å². The van der Waals surface area contributed by atoms with E-state index in [1.807, 2.05) is 24.3 Å². The van der Waals surface area contributed by atoms with Crippen LogP contribution in [0.1, 0.15) is 112 Å². The third kappa shape index (κ3) is 11.5. The molecule has 0 radical (unpaired) electrons. The van der Waals surface area contributed by atoms with Crippen molar-refractivity contribution in [3.05, 3.63) is 71.8 Å². The third-order valence-corrected chi connectivity index (χ3v) is 21.2. The van der Waals surface area contributed by atoms with E-state index >= 15 is 0 Å². The van der Waals surface area contributed by atoms with Crippen molar-refractivity contribution in [2.24, 2.45) is 11.8 Å². The summed E-state index contributed by atoms with van der Waals surface area (Å²) in [7, 11) is -4.32. The predicted octanol–water partition coefficient (Wildman–Crippen LogP) is 12.0. The normalized spacial score (nSPS) is 30.7. The van der Waals surface area contributed by atoms with Crippen LogP contribution in [-0.4, -0.2) is 76.9 Å². The Balaban J connectivity index is 1.39. The summed E-state index contributed by atoms with van der Waals surface area (Å²) in [5.74, 6) is 0.804. The lowest BCUT2D eigenvalue weighted by molar-refractivity contribution is -0.273. The average molecular weight is 876 g/mol. The van der Waals surface area contributed by atoms with Gasteiger partial charge in [0, 0.05) is 18.6 Å². The first-order chi connectivity index (χ1) is 26.4. The fourth-order valence-corrected chi connectivity index (χ4v) is 18.2. The van der Waals surface area contributed by atoms with Crippen molar-refractivity contribution in [1.82, 2.24) is 0 Å². The van der Waals surface area contributed by atoms with Crippen LogP contribution < -0.4 is 0 Å². The molecule has 11 atom stereocenters. The van der Waals surface area contributed by atoms with Crippen LogP contribution in [0.5, 0.6) is 0 Å². The second-order valence-electron chi connectivity index (χ2n) is 19.3. The minimum Gasteiger partial charge on any atom is -0.412 e. The van der Waals surface area contributed by atoms with E-state index in [-0.39, 0.29) is 41.5 Å². The molecule has 5 rings (SSSR count). The number of alkyl halides is 1. The lowest BCUT2D eigenvalue weighted by Gasteiger charge is -2.48. The number of benzene rings is 2. The molecule has 0 saturated carbocycles. The molecular weight excluding hydrogens is 801 g/mol. The molecule has 56 heavy (non-hydrogen) atoms. The van der Waals surface area contributed by atoms with Gasteiger partial charge in [0.05, 0.1) is 54.2 Å². The van der Waals surface area contributed by atoms with Crippen LogP contribution >= 0.6 is 15.9 Å². The highest BCUT2D eigenvalue weighted by atomic mass is 79.9. The maximum absolute atomic E-state index is 7.83. The number of rotatable bonds is 18. The van der Waals surface area contributed by atoms with Crippen molar-refractivity contribution in [3.63, 3.8) is 0 Å². The summed E-state index contributed by atoms with van der Waals surface area (Å²) >= 11 is 4.32. The van der Waals surface area contributed by atoms with Gasteiger partial charge in [0.2, 0.25) is 8.32 Å². The highest BCUT2D eigenvalue weighted by Gasteiger charge is 2.53. The van der Waals surface area contributed by atoms with Gasteiger partial charge in [-0.25, -0.2) is 0 Å². The van der Waals surface area contributed by atoms with Crippen molar-refractivity contribution < 1.29 is 32.5 Å². The maximum atomic E-state index is 7.83. The smallest absolute Gasteiger partial charge is 0.200 e. The first-order valence-corrected chi connectivity index (χ1v) is 28.2. The fraction of sp³-hybridized carbons (Fsp3) is 0.739. The van der Waals surface area contributed by atoms with E-state index in [9.17, 15) is 0 Å². The van der Waals surface area contributed by atoms with Gasteiger partial charge in [-0.1, -0.05) is 132 Å². The summed E-state index contributed by atoms with van der Waals surface area (Å²) in [6, 6.07) is 20.7. The third-order valence-electron chi connectivity index (χ3n) is 12.8. The molecule has 2 aromatic rings. The Hall–Kier alpha value is -0.926. The quantitative estimate of drug-likeness (QED) is 0.0840. The number of ether oxygens (including phenoxy) is 5. The molecule has 0 amide bonds. The molecule has 10 heteroatoms. The molecule has 3 aliphatic rings. The van der Waals surface area contributed by atoms with Crippen LogP contribution in [-0.2, 0) is 39.1 Å². The largest absolute Gasteiger partial charge is 0.412 e. The first kappa shape index (κ1) is 46.1. The number of fused-ring (bicyclic) bond motifs is 1. The van der Waals surface area contributed by atoms with Gasteiger partial charge in [-0.15, -0.1) is 0 Å². The topological polar surface area (TPSA) is 64.6 Å². The van der Waals surface area contributed by atoms with Crippen LogP contribution in [0.2, 0.25) is 36.3 Å². The van der Waals surface area contributed by atoms with Crippen LogP contribution in [0.25, 0.3) is 0 Å². The van der Waals surface area contributed by atoms with Crippen LogP contribution in [0.3, 0.4) is 0 Å². The zero-order valence-electron chi connectivity index (χ0n) is 36.7. The molecular formula is C46H75BrO7Si2. The zero-order valence-corrected chi connectivity index (χ0v) is 40.3. The Kier molecular flexibility index (Phi) is 16.6. The van der Waals surface area contributed by atoms with Crippen LogP contribution in [0.15, 0.2) is 60.7 Å². The van der Waals surface area contributed by atoms with E-state index in [1.54, 1.807) is 0 Å². The lowest BCUT2D eigenvalue weighted by Crippen LogP contribution is -2.56. The second kappa shape index (κ2) is 20.1. The average Bonchev–Trinajstić information content (AvgIpc) is 3.48. The van der Waals surface area contributed by atoms with Crippen molar-refractivity contribution in [1.29, 1.82) is 0 Å². The first-order valence-electron chi connectivity index (χ1n) is 21.7. The summed E-state index contributed by atoms with van der Waals surface area (Å²) in [5.41, 5.74) is 3.06. The van der Waals surface area contributed by atoms with Gasteiger partial charge in [-0.2, -0.15) is 0 Å². The molecule has 3 aliphatic heterocycles. The van der Waals surface area contributed by atoms with Crippen molar-refractivity contribution in [2.75, 3.05) is 13.2 Å². The predicted molar refractivity (Wildman–Crippen MR) is 236 cm³/mol. The van der Waals surface area contributed by atoms with Gasteiger partial charge >= 0.3 is 0 Å². The highest BCUT2D eigenvalue weighted by molar-refractivity contribution is 9.09. The molecule has 2 aromatic carbocycles. The Morgan fingerprint density at radius 1 is 0.839 bits per heavy atom. The molecule has 3 saturated heterocycles. The Morgan fingerprint density at radius 3 is 2.07 bits per heavy atom. The SMILES string of the molecule is CC(C)[Si](O[C@@H](C[C@@H]1O[C@@H]2CO[C@@H](c3ccccc3)O[C@H]2CC[C@@]1(C)O[Si](C)(C)C)[C@@H](Br)[C@H]1C[C@H](C)[C@H]([C@H](C)CCOCc2ccccc2)O1)(C(C)C)C(C)C. The molecule has 7 nitrogen and oxygen atoms in total. The molecule has 316 valence electrons.